The monoisotopic (exact) mass is 664 g/mol. The zero-order chi connectivity index (χ0) is 33.0. The Balaban J connectivity index is 1.81. The van der Waals surface area contributed by atoms with Crippen LogP contribution in [-0.2, 0) is 12.7 Å². The summed E-state index contributed by atoms with van der Waals surface area (Å²) in [6, 6.07) is 5.33. The van der Waals surface area contributed by atoms with Crippen LogP contribution in [0.4, 0.5) is 48.3 Å². The smallest absolute Gasteiger partial charge is 0.429 e. The highest BCUT2D eigenvalue weighted by molar-refractivity contribution is 6.34. The van der Waals surface area contributed by atoms with Crippen molar-refractivity contribution in [1.82, 2.24) is 24.5 Å². The van der Waals surface area contributed by atoms with Crippen LogP contribution in [0.25, 0.3) is 16.9 Å². The highest BCUT2D eigenvalue weighted by Gasteiger charge is 2.76. The molecule has 2 heterocycles. The van der Waals surface area contributed by atoms with Crippen molar-refractivity contribution in [3.8, 4) is 28.8 Å². The number of hydrogen-bond donors (Lipinski definition) is 0. The van der Waals surface area contributed by atoms with E-state index in [1.165, 1.54) is 6.07 Å². The Labute approximate surface area is 244 Å². The number of halogens is 12. The van der Waals surface area contributed by atoms with Crippen LogP contribution in [0, 0.1) is 11.3 Å². The lowest BCUT2D eigenvalue weighted by atomic mass is 9.99. The molecular weight excluding hydrogens is 649 g/mol. The third-order valence-electron chi connectivity index (χ3n) is 6.63. The number of nitriles is 1. The van der Waals surface area contributed by atoms with Crippen LogP contribution in [0.1, 0.15) is 28.9 Å². The lowest BCUT2D eigenvalue weighted by molar-refractivity contribution is -0.350. The van der Waals surface area contributed by atoms with E-state index in [-0.39, 0.29) is 39.2 Å². The van der Waals surface area contributed by atoms with Gasteiger partial charge < -0.3 is 9.64 Å². The molecule has 1 aromatic carbocycles. The molecule has 238 valence electrons. The molecule has 1 aliphatic carbocycles. The van der Waals surface area contributed by atoms with E-state index >= 15 is 0 Å². The standard InChI is InChI=1S/C24H16ClF11N6O2/c1-40-18(16(44-20(28)29)17(39-40)22(30,23(31,32)33)24(34,35)36)42-8-12(7-38-42)11-2-3-14(25)13(6-11)19(43)41(9-15(26)27)21(10-37)4-5-21/h2-3,6-8,15,20H,4-5,9H2,1H3. The molecule has 0 atom stereocenters. The zero-order valence-corrected chi connectivity index (χ0v) is 22.5. The minimum Gasteiger partial charge on any atom is -0.429 e. The molecule has 1 amide bonds. The van der Waals surface area contributed by atoms with Gasteiger partial charge in [-0.3, -0.25) is 4.79 Å². The summed E-state index contributed by atoms with van der Waals surface area (Å²) in [6.07, 6.45) is -14.3. The molecule has 0 spiro atoms. The second kappa shape index (κ2) is 11.1. The number of carbonyl (C=O) groups excluding carboxylic acids is 1. The van der Waals surface area contributed by atoms with E-state index in [1.54, 1.807) is 0 Å². The first-order valence-corrected chi connectivity index (χ1v) is 12.4. The predicted molar refractivity (Wildman–Crippen MR) is 127 cm³/mol. The average Bonchev–Trinajstić information content (AvgIpc) is 3.44. The Kier molecular flexibility index (Phi) is 8.30. The molecule has 4 rings (SSSR count). The summed E-state index contributed by atoms with van der Waals surface area (Å²) >= 11 is 6.13. The Bertz CT molecular complexity index is 1590. The van der Waals surface area contributed by atoms with Gasteiger partial charge in [-0.15, -0.1) is 0 Å². The van der Waals surface area contributed by atoms with Gasteiger partial charge in [-0.25, -0.2) is 22.5 Å². The van der Waals surface area contributed by atoms with Gasteiger partial charge in [0, 0.05) is 18.8 Å². The molecule has 1 saturated carbocycles. The molecule has 2 aromatic heterocycles. The molecule has 0 N–H and O–H groups in total. The summed E-state index contributed by atoms with van der Waals surface area (Å²) in [4.78, 5) is 13.9. The van der Waals surface area contributed by atoms with Crippen molar-refractivity contribution in [3.63, 3.8) is 0 Å². The summed E-state index contributed by atoms with van der Waals surface area (Å²) in [7, 11) is 0.714. The van der Waals surface area contributed by atoms with E-state index in [0.29, 0.717) is 16.6 Å². The van der Waals surface area contributed by atoms with E-state index in [2.05, 4.69) is 14.9 Å². The number of alkyl halides is 11. The van der Waals surface area contributed by atoms with Crippen LogP contribution in [0.2, 0.25) is 5.02 Å². The van der Waals surface area contributed by atoms with E-state index < -0.39 is 66.3 Å². The number of benzene rings is 1. The van der Waals surface area contributed by atoms with Gasteiger partial charge >= 0.3 is 24.6 Å². The molecule has 1 aliphatic rings. The fraction of sp³-hybridized carbons (Fsp3) is 0.417. The molecule has 1 fully saturated rings. The molecule has 20 heteroatoms. The Morgan fingerprint density at radius 1 is 1.11 bits per heavy atom. The minimum atomic E-state index is -6.71. The van der Waals surface area contributed by atoms with E-state index in [0.717, 1.165) is 24.5 Å². The van der Waals surface area contributed by atoms with Gasteiger partial charge in [0.1, 0.15) is 5.54 Å². The van der Waals surface area contributed by atoms with Crippen molar-refractivity contribution in [2.75, 3.05) is 6.54 Å². The second-order valence-corrected chi connectivity index (χ2v) is 9.88. The number of amides is 1. The van der Waals surface area contributed by atoms with Crippen molar-refractivity contribution >= 4 is 17.5 Å². The van der Waals surface area contributed by atoms with Gasteiger partial charge in [-0.2, -0.15) is 50.6 Å². The third-order valence-corrected chi connectivity index (χ3v) is 6.96. The van der Waals surface area contributed by atoms with Crippen LogP contribution in [0.3, 0.4) is 0 Å². The van der Waals surface area contributed by atoms with Crippen LogP contribution < -0.4 is 4.74 Å². The molecule has 0 aliphatic heterocycles. The maximum absolute atomic E-state index is 14.8. The fourth-order valence-corrected chi connectivity index (χ4v) is 4.55. The Morgan fingerprint density at radius 3 is 2.23 bits per heavy atom. The Hall–Kier alpha value is -4.08. The summed E-state index contributed by atoms with van der Waals surface area (Å²) in [5.41, 5.74) is -10.6. The van der Waals surface area contributed by atoms with Gasteiger partial charge in [0.2, 0.25) is 0 Å². The van der Waals surface area contributed by atoms with E-state index in [4.69, 9.17) is 11.6 Å². The zero-order valence-electron chi connectivity index (χ0n) is 21.7. The number of ether oxygens (including phenoxy) is 1. The highest BCUT2D eigenvalue weighted by Crippen LogP contribution is 2.56. The van der Waals surface area contributed by atoms with E-state index in [1.807, 2.05) is 6.07 Å². The summed E-state index contributed by atoms with van der Waals surface area (Å²) < 4.78 is 153. The van der Waals surface area contributed by atoms with Crippen LogP contribution in [-0.4, -0.2) is 67.8 Å². The first-order chi connectivity index (χ1) is 20.3. The largest absolute Gasteiger partial charge is 0.437 e. The van der Waals surface area contributed by atoms with Crippen LogP contribution in [0.15, 0.2) is 30.6 Å². The fourth-order valence-electron chi connectivity index (χ4n) is 4.35. The van der Waals surface area contributed by atoms with Gasteiger partial charge in [0.05, 0.1) is 29.4 Å². The van der Waals surface area contributed by atoms with Crippen molar-refractivity contribution in [1.29, 1.82) is 5.26 Å². The third kappa shape index (κ3) is 5.62. The highest BCUT2D eigenvalue weighted by atomic mass is 35.5. The quantitative estimate of drug-likeness (QED) is 0.241. The van der Waals surface area contributed by atoms with Gasteiger partial charge in [0.15, 0.2) is 17.3 Å². The lowest BCUT2D eigenvalue weighted by Gasteiger charge is -2.28. The first kappa shape index (κ1) is 32.8. The lowest BCUT2D eigenvalue weighted by Crippen LogP contribution is -2.51. The SMILES string of the molecule is Cn1nc(C(F)(C(F)(F)F)C(F)(F)F)c(OC(F)F)c1-n1cc(-c2ccc(Cl)c(C(=O)N(CC(F)F)C3(C#N)CC3)c2)cn1. The van der Waals surface area contributed by atoms with Crippen molar-refractivity contribution < 1.29 is 57.8 Å². The van der Waals surface area contributed by atoms with E-state index in [9.17, 15) is 58.4 Å². The molecule has 0 radical (unpaired) electrons. The minimum absolute atomic E-state index is 0.0342. The molecule has 44 heavy (non-hydrogen) atoms. The predicted octanol–water partition coefficient (Wildman–Crippen LogP) is 6.58. The van der Waals surface area contributed by atoms with Crippen LogP contribution in [0.5, 0.6) is 5.75 Å². The van der Waals surface area contributed by atoms with Gasteiger partial charge in [-0.05, 0) is 30.5 Å². The maximum atomic E-state index is 14.8. The van der Waals surface area contributed by atoms with Gasteiger partial charge in [0.25, 0.3) is 12.3 Å². The average molecular weight is 665 g/mol. The molecule has 0 bridgehead atoms. The Morgan fingerprint density at radius 2 is 1.73 bits per heavy atom. The number of hydrogen-bond acceptors (Lipinski definition) is 5. The number of carbonyl (C=O) groups is 1. The molecule has 0 saturated heterocycles. The molecular formula is C24H16ClF11N6O2. The molecule has 8 nitrogen and oxygen atoms in total. The summed E-state index contributed by atoms with van der Waals surface area (Å²) in [5, 5.41) is 15.8. The van der Waals surface area contributed by atoms with Crippen molar-refractivity contribution in [2.45, 2.75) is 49.4 Å². The second-order valence-electron chi connectivity index (χ2n) is 9.48. The number of aryl methyl sites for hydroxylation is 1. The maximum Gasteiger partial charge on any atom is 0.437 e. The number of aromatic nitrogens is 4. The number of rotatable bonds is 9. The van der Waals surface area contributed by atoms with Crippen molar-refractivity contribution in [2.24, 2.45) is 7.05 Å². The number of nitrogens with zero attached hydrogens (tertiary/aromatic N) is 6. The molecule has 0 unspecified atom stereocenters. The summed E-state index contributed by atoms with van der Waals surface area (Å²) in [5.74, 6) is -4.03. The van der Waals surface area contributed by atoms with Crippen LogP contribution >= 0.6 is 11.6 Å². The normalized spacial score (nSPS) is 15.0. The topological polar surface area (TPSA) is 89.0 Å². The summed E-state index contributed by atoms with van der Waals surface area (Å²) in [6.45, 7) is -5.12. The van der Waals surface area contributed by atoms with Gasteiger partial charge in [-0.1, -0.05) is 17.7 Å². The molecule has 3 aromatic rings. The van der Waals surface area contributed by atoms with Crippen molar-refractivity contribution in [3.05, 3.63) is 46.9 Å². The first-order valence-electron chi connectivity index (χ1n) is 12.0.